The highest BCUT2D eigenvalue weighted by molar-refractivity contribution is 5.75. The van der Waals surface area contributed by atoms with Crippen LogP contribution in [0.5, 0.6) is 0 Å². The summed E-state index contributed by atoms with van der Waals surface area (Å²) in [4.78, 5) is 11.7. The van der Waals surface area contributed by atoms with Gasteiger partial charge in [-0.15, -0.1) is 0 Å². The summed E-state index contributed by atoms with van der Waals surface area (Å²) in [7, 11) is 0. The molecule has 2 saturated heterocycles. The topological polar surface area (TPSA) is 50.4 Å². The van der Waals surface area contributed by atoms with Crippen LogP contribution in [-0.4, -0.2) is 38.3 Å². The van der Waals surface area contributed by atoms with Gasteiger partial charge in [0.1, 0.15) is 0 Å². The molecule has 1 amide bonds. The second-order valence-electron chi connectivity index (χ2n) is 5.19. The van der Waals surface area contributed by atoms with Crippen LogP contribution in [0, 0.1) is 5.92 Å². The zero-order chi connectivity index (χ0) is 11.9. The number of amides is 1. The van der Waals surface area contributed by atoms with Crippen LogP contribution in [0.2, 0.25) is 0 Å². The molecule has 0 aromatic heterocycles. The first-order valence-electron chi connectivity index (χ1n) is 6.93. The van der Waals surface area contributed by atoms with Crippen molar-refractivity contribution < 1.29 is 9.53 Å². The molecular weight excluding hydrogens is 216 g/mol. The van der Waals surface area contributed by atoms with Gasteiger partial charge < -0.3 is 15.4 Å². The van der Waals surface area contributed by atoms with Gasteiger partial charge in [0.2, 0.25) is 5.91 Å². The molecule has 2 unspecified atom stereocenters. The average molecular weight is 240 g/mol. The molecule has 0 aliphatic carbocycles. The van der Waals surface area contributed by atoms with Gasteiger partial charge in [-0.3, -0.25) is 4.79 Å². The van der Waals surface area contributed by atoms with Gasteiger partial charge in [0, 0.05) is 19.6 Å². The summed E-state index contributed by atoms with van der Waals surface area (Å²) in [6.45, 7) is 3.88. The van der Waals surface area contributed by atoms with Crippen LogP contribution in [0.25, 0.3) is 0 Å². The van der Waals surface area contributed by atoms with E-state index in [-0.39, 0.29) is 5.91 Å². The third kappa shape index (κ3) is 4.64. The molecule has 2 fully saturated rings. The first kappa shape index (κ1) is 12.8. The molecule has 4 heteroatoms. The van der Waals surface area contributed by atoms with Gasteiger partial charge in [-0.1, -0.05) is 0 Å². The normalized spacial score (nSPS) is 29.2. The minimum absolute atomic E-state index is 0.186. The average Bonchev–Trinajstić information content (AvgIpc) is 2.88. The molecule has 0 aromatic carbocycles. The SMILES string of the molecule is O=C(CCC1CCCO1)NCC1CCCNC1. The number of rotatable bonds is 5. The number of nitrogens with one attached hydrogen (secondary N) is 2. The van der Waals surface area contributed by atoms with Gasteiger partial charge in [0.15, 0.2) is 0 Å². The van der Waals surface area contributed by atoms with E-state index in [9.17, 15) is 4.79 Å². The standard InChI is InChI=1S/C13H24N2O2/c16-13(6-5-12-4-2-8-17-12)15-10-11-3-1-7-14-9-11/h11-12,14H,1-10H2,(H,15,16). The molecule has 2 rings (SSSR count). The Morgan fingerprint density at radius 2 is 2.29 bits per heavy atom. The third-order valence-electron chi connectivity index (χ3n) is 3.70. The number of ether oxygens (including phenoxy) is 1. The lowest BCUT2D eigenvalue weighted by Gasteiger charge is -2.22. The highest BCUT2D eigenvalue weighted by Crippen LogP contribution is 2.16. The molecule has 0 spiro atoms. The minimum atomic E-state index is 0.186. The number of carbonyl (C=O) groups is 1. The lowest BCUT2D eigenvalue weighted by Crippen LogP contribution is -2.38. The minimum Gasteiger partial charge on any atom is -0.378 e. The molecule has 2 atom stereocenters. The molecule has 17 heavy (non-hydrogen) atoms. The van der Waals surface area contributed by atoms with E-state index in [0.29, 0.717) is 18.4 Å². The molecule has 2 aliphatic rings. The van der Waals surface area contributed by atoms with Gasteiger partial charge in [0.25, 0.3) is 0 Å². The van der Waals surface area contributed by atoms with Crippen LogP contribution < -0.4 is 10.6 Å². The second kappa shape index (κ2) is 6.97. The van der Waals surface area contributed by atoms with E-state index in [0.717, 1.165) is 45.5 Å². The van der Waals surface area contributed by atoms with Crippen LogP contribution in [0.1, 0.15) is 38.5 Å². The predicted octanol–water partition coefficient (Wildman–Crippen LogP) is 1.06. The largest absolute Gasteiger partial charge is 0.378 e. The fourth-order valence-electron chi connectivity index (χ4n) is 2.61. The maximum Gasteiger partial charge on any atom is 0.220 e. The van der Waals surface area contributed by atoms with Crippen molar-refractivity contribution >= 4 is 5.91 Å². The summed E-state index contributed by atoms with van der Waals surface area (Å²) >= 11 is 0. The number of hydrogen-bond donors (Lipinski definition) is 2. The summed E-state index contributed by atoms with van der Waals surface area (Å²) in [5.74, 6) is 0.807. The number of hydrogen-bond acceptors (Lipinski definition) is 3. The second-order valence-corrected chi connectivity index (χ2v) is 5.19. The van der Waals surface area contributed by atoms with E-state index >= 15 is 0 Å². The summed E-state index contributed by atoms with van der Waals surface area (Å²) in [5, 5.41) is 6.41. The van der Waals surface area contributed by atoms with Gasteiger partial charge in [0.05, 0.1) is 6.10 Å². The van der Waals surface area contributed by atoms with Crippen LogP contribution >= 0.6 is 0 Å². The Kier molecular flexibility index (Phi) is 5.26. The first-order valence-corrected chi connectivity index (χ1v) is 6.93. The molecule has 2 N–H and O–H groups in total. The van der Waals surface area contributed by atoms with Crippen LogP contribution in [-0.2, 0) is 9.53 Å². The van der Waals surface area contributed by atoms with Crippen molar-refractivity contribution in [3.63, 3.8) is 0 Å². The van der Waals surface area contributed by atoms with E-state index in [1.54, 1.807) is 0 Å². The lowest BCUT2D eigenvalue weighted by molar-refractivity contribution is -0.121. The molecule has 2 heterocycles. The number of carbonyl (C=O) groups excluding carboxylic acids is 1. The first-order chi connectivity index (χ1) is 8.34. The van der Waals surface area contributed by atoms with Crippen LogP contribution in [0.4, 0.5) is 0 Å². The zero-order valence-corrected chi connectivity index (χ0v) is 10.5. The van der Waals surface area contributed by atoms with Gasteiger partial charge >= 0.3 is 0 Å². The Labute approximate surface area is 103 Å². The maximum absolute atomic E-state index is 11.7. The molecule has 0 aromatic rings. The Bertz CT molecular complexity index is 234. The van der Waals surface area contributed by atoms with Crippen LogP contribution in [0.15, 0.2) is 0 Å². The lowest BCUT2D eigenvalue weighted by atomic mass is 10.00. The fraction of sp³-hybridized carbons (Fsp3) is 0.923. The smallest absolute Gasteiger partial charge is 0.220 e. The van der Waals surface area contributed by atoms with Gasteiger partial charge in [-0.05, 0) is 51.1 Å². The molecule has 0 radical (unpaired) electrons. The van der Waals surface area contributed by atoms with Crippen molar-refractivity contribution in [3.05, 3.63) is 0 Å². The monoisotopic (exact) mass is 240 g/mol. The van der Waals surface area contributed by atoms with Gasteiger partial charge in [-0.25, -0.2) is 0 Å². The maximum atomic E-state index is 11.7. The summed E-state index contributed by atoms with van der Waals surface area (Å²) in [5.41, 5.74) is 0. The molecule has 4 nitrogen and oxygen atoms in total. The molecular formula is C13H24N2O2. The molecule has 0 bridgehead atoms. The van der Waals surface area contributed by atoms with Crippen molar-refractivity contribution in [3.8, 4) is 0 Å². The Morgan fingerprint density at radius 1 is 1.35 bits per heavy atom. The van der Waals surface area contributed by atoms with E-state index < -0.39 is 0 Å². The summed E-state index contributed by atoms with van der Waals surface area (Å²) in [6.07, 6.45) is 6.58. The quantitative estimate of drug-likeness (QED) is 0.755. The van der Waals surface area contributed by atoms with Crippen molar-refractivity contribution in [1.82, 2.24) is 10.6 Å². The van der Waals surface area contributed by atoms with E-state index in [1.165, 1.54) is 12.8 Å². The van der Waals surface area contributed by atoms with Crippen molar-refractivity contribution in [2.75, 3.05) is 26.2 Å². The third-order valence-corrected chi connectivity index (χ3v) is 3.70. The van der Waals surface area contributed by atoms with E-state index in [4.69, 9.17) is 4.74 Å². The van der Waals surface area contributed by atoms with E-state index in [2.05, 4.69) is 10.6 Å². The van der Waals surface area contributed by atoms with Crippen molar-refractivity contribution in [2.45, 2.75) is 44.6 Å². The Balaban J connectivity index is 1.53. The number of piperidine rings is 1. The predicted molar refractivity (Wildman–Crippen MR) is 66.8 cm³/mol. The Hall–Kier alpha value is -0.610. The highest BCUT2D eigenvalue weighted by atomic mass is 16.5. The van der Waals surface area contributed by atoms with Crippen molar-refractivity contribution in [2.24, 2.45) is 5.92 Å². The highest BCUT2D eigenvalue weighted by Gasteiger charge is 2.17. The fourth-order valence-corrected chi connectivity index (χ4v) is 2.61. The molecule has 0 saturated carbocycles. The van der Waals surface area contributed by atoms with Gasteiger partial charge in [-0.2, -0.15) is 0 Å². The zero-order valence-electron chi connectivity index (χ0n) is 10.5. The molecule has 2 aliphatic heterocycles. The van der Waals surface area contributed by atoms with Crippen molar-refractivity contribution in [1.29, 1.82) is 0 Å². The Morgan fingerprint density at radius 3 is 3.00 bits per heavy atom. The van der Waals surface area contributed by atoms with Crippen LogP contribution in [0.3, 0.4) is 0 Å². The summed E-state index contributed by atoms with van der Waals surface area (Å²) in [6, 6.07) is 0. The summed E-state index contributed by atoms with van der Waals surface area (Å²) < 4.78 is 5.51. The van der Waals surface area contributed by atoms with E-state index in [1.807, 2.05) is 0 Å². The molecule has 98 valence electrons.